The van der Waals surface area contributed by atoms with E-state index in [1.807, 2.05) is 0 Å². The summed E-state index contributed by atoms with van der Waals surface area (Å²) < 4.78 is 82.8. The zero-order valence-electron chi connectivity index (χ0n) is 16.3. The minimum absolute atomic E-state index is 0.0699. The zero-order valence-corrected chi connectivity index (χ0v) is 17.1. The van der Waals surface area contributed by atoms with E-state index in [4.69, 9.17) is 14.0 Å². The van der Waals surface area contributed by atoms with Crippen LogP contribution in [-0.4, -0.2) is 30.9 Å². The second-order valence-electron chi connectivity index (χ2n) is 7.78. The first kappa shape index (κ1) is 23.0. The summed E-state index contributed by atoms with van der Waals surface area (Å²) in [6.07, 6.45) is -0.381. The summed E-state index contributed by atoms with van der Waals surface area (Å²) in [6, 6.07) is 2.79. The molecule has 1 aliphatic rings. The van der Waals surface area contributed by atoms with Crippen LogP contribution in [0.15, 0.2) is 29.2 Å². The van der Waals surface area contributed by atoms with Gasteiger partial charge in [0.25, 0.3) is 0 Å². The van der Waals surface area contributed by atoms with E-state index in [-0.39, 0.29) is 18.6 Å². The van der Waals surface area contributed by atoms with E-state index in [1.54, 1.807) is 34.6 Å². The molecule has 0 radical (unpaired) electrons. The molecule has 1 atom stereocenters. The number of carbonyl (C=O) groups is 1. The number of hydrogen-bond acceptors (Lipinski definition) is 4. The Bertz CT molecular complexity index is 751. The molecule has 0 aliphatic carbocycles. The maximum absolute atomic E-state index is 13.2. The molecule has 0 saturated carbocycles. The minimum Gasteiger partial charge on any atom is -0.466 e. The van der Waals surface area contributed by atoms with Gasteiger partial charge in [-0.1, -0.05) is 31.6 Å². The summed E-state index contributed by atoms with van der Waals surface area (Å²) in [4.78, 5) is 9.99. The van der Waals surface area contributed by atoms with E-state index in [1.165, 1.54) is 6.07 Å². The number of benzene rings is 1. The summed E-state index contributed by atoms with van der Waals surface area (Å²) >= 11 is 0. The van der Waals surface area contributed by atoms with Crippen LogP contribution in [-0.2, 0) is 18.8 Å². The smallest absolute Gasteiger partial charge is 0.466 e. The second kappa shape index (κ2) is 6.34. The van der Waals surface area contributed by atoms with Crippen LogP contribution in [0.4, 0.5) is 19.4 Å². The molecule has 1 aromatic rings. The van der Waals surface area contributed by atoms with E-state index in [0.29, 0.717) is 12.1 Å². The Hall–Kier alpha value is -1.33. The molecule has 1 unspecified atom stereocenters. The number of esters is 1. The first-order valence-electron chi connectivity index (χ1n) is 8.71. The fourth-order valence-electron chi connectivity index (χ4n) is 2.81. The summed E-state index contributed by atoms with van der Waals surface area (Å²) in [5.41, 5.74) is -1.78. The Kier molecular flexibility index (Phi) is 5.19. The molecule has 160 valence electrons. The fourth-order valence-corrected chi connectivity index (χ4v) is 3.50. The number of ether oxygens (including phenoxy) is 1. The number of hydrogen-bond donors (Lipinski definition) is 0. The third kappa shape index (κ3) is 4.98. The Morgan fingerprint density at radius 2 is 1.64 bits per heavy atom. The number of halogens is 5. The van der Waals surface area contributed by atoms with Gasteiger partial charge in [0.15, 0.2) is 0 Å². The van der Waals surface area contributed by atoms with E-state index in [9.17, 15) is 24.2 Å². The lowest BCUT2D eigenvalue weighted by Gasteiger charge is -2.40. The van der Waals surface area contributed by atoms with Crippen molar-refractivity contribution in [3.63, 3.8) is 0 Å². The molecule has 1 fully saturated rings. The quantitative estimate of drug-likeness (QED) is 0.315. The van der Waals surface area contributed by atoms with E-state index in [2.05, 4.69) is 0 Å². The van der Waals surface area contributed by atoms with Gasteiger partial charge in [0.1, 0.15) is 4.90 Å². The lowest BCUT2D eigenvalue weighted by Crippen LogP contribution is -2.41. The molecule has 0 aromatic heterocycles. The summed E-state index contributed by atoms with van der Waals surface area (Å²) in [5, 5.41) is 0. The highest BCUT2D eigenvalue weighted by atomic mass is 32.5. The highest BCUT2D eigenvalue weighted by molar-refractivity contribution is 8.45. The third-order valence-electron chi connectivity index (χ3n) is 5.02. The highest BCUT2D eigenvalue weighted by Gasteiger charge is 2.65. The van der Waals surface area contributed by atoms with E-state index < -0.39 is 45.2 Å². The van der Waals surface area contributed by atoms with Crippen LogP contribution in [0.3, 0.4) is 0 Å². The standard InChI is InChI=1S/C17H24BF5O4S/c1-6-25-15(24)11-14(18-26-16(2,3)17(4,5)27-18)12-8-7-9-13(10-12)28(19,20,21,22)23/h7-10,14H,6,11H2,1-5H3. The van der Waals surface area contributed by atoms with Crippen molar-refractivity contribution in [2.75, 3.05) is 6.61 Å². The Balaban J connectivity index is 2.49. The normalized spacial score (nSPS) is 22.3. The van der Waals surface area contributed by atoms with Crippen molar-refractivity contribution in [2.24, 2.45) is 0 Å². The maximum Gasteiger partial charge on any atom is 0.466 e. The van der Waals surface area contributed by atoms with Crippen LogP contribution in [0.1, 0.15) is 52.4 Å². The summed E-state index contributed by atoms with van der Waals surface area (Å²) in [6.45, 7) is 8.59. The predicted octanol–water partition coefficient (Wildman–Crippen LogP) is 6.01. The van der Waals surface area contributed by atoms with Gasteiger partial charge in [-0.05, 0) is 52.3 Å². The molecule has 11 heteroatoms. The van der Waals surface area contributed by atoms with Crippen molar-refractivity contribution in [1.82, 2.24) is 0 Å². The van der Waals surface area contributed by atoms with Gasteiger partial charge in [-0.3, -0.25) is 4.79 Å². The van der Waals surface area contributed by atoms with Gasteiger partial charge in [0, 0.05) is 5.82 Å². The Labute approximate surface area is 161 Å². The van der Waals surface area contributed by atoms with E-state index in [0.717, 1.165) is 6.07 Å². The lowest BCUT2D eigenvalue weighted by molar-refractivity contribution is -0.143. The van der Waals surface area contributed by atoms with Crippen LogP contribution in [0.25, 0.3) is 0 Å². The van der Waals surface area contributed by atoms with Crippen molar-refractivity contribution in [1.29, 1.82) is 0 Å². The van der Waals surface area contributed by atoms with Crippen LogP contribution >= 0.6 is 10.2 Å². The molecule has 1 aromatic carbocycles. The SMILES string of the molecule is CCOC(=O)CC(B1OC(C)(C)C(C)(C)O1)c1cccc(S(F)(F)(F)(F)F)c1. The van der Waals surface area contributed by atoms with Gasteiger partial charge < -0.3 is 14.0 Å². The van der Waals surface area contributed by atoms with Gasteiger partial charge in [-0.25, -0.2) is 0 Å². The predicted molar refractivity (Wildman–Crippen MR) is 97.9 cm³/mol. The van der Waals surface area contributed by atoms with Crippen molar-refractivity contribution < 1.29 is 38.3 Å². The van der Waals surface area contributed by atoms with Crippen LogP contribution in [0.5, 0.6) is 0 Å². The molecule has 0 bridgehead atoms. The molecule has 4 nitrogen and oxygen atoms in total. The molecule has 2 rings (SSSR count). The monoisotopic (exact) mass is 430 g/mol. The molecular formula is C17H24BF5O4S. The number of carbonyl (C=O) groups excluding carboxylic acids is 1. The Morgan fingerprint density at radius 1 is 1.11 bits per heavy atom. The van der Waals surface area contributed by atoms with E-state index >= 15 is 0 Å². The summed E-state index contributed by atoms with van der Waals surface area (Å²) in [7, 11) is -11.0. The van der Waals surface area contributed by atoms with Crippen LogP contribution in [0, 0.1) is 0 Å². The molecule has 1 aliphatic heterocycles. The van der Waals surface area contributed by atoms with Crippen molar-refractivity contribution in [2.45, 2.75) is 63.0 Å². The topological polar surface area (TPSA) is 44.8 Å². The zero-order chi connectivity index (χ0) is 21.7. The first-order chi connectivity index (χ1) is 12.4. The van der Waals surface area contributed by atoms with Crippen molar-refractivity contribution in [3.8, 4) is 0 Å². The molecule has 0 amide bonds. The average Bonchev–Trinajstić information content (AvgIpc) is 2.71. The molecule has 0 N–H and O–H groups in total. The molecule has 1 heterocycles. The maximum atomic E-state index is 13.2. The van der Waals surface area contributed by atoms with Gasteiger partial charge >= 0.3 is 23.3 Å². The minimum atomic E-state index is -9.88. The second-order valence-corrected chi connectivity index (χ2v) is 10.2. The fraction of sp³-hybridized carbons (Fsp3) is 0.588. The van der Waals surface area contributed by atoms with Gasteiger partial charge in [-0.15, -0.1) is 0 Å². The van der Waals surface area contributed by atoms with Crippen molar-refractivity contribution in [3.05, 3.63) is 29.8 Å². The molecule has 0 spiro atoms. The highest BCUT2D eigenvalue weighted by Crippen LogP contribution is 3.02. The van der Waals surface area contributed by atoms with Crippen LogP contribution < -0.4 is 0 Å². The Morgan fingerprint density at radius 3 is 2.11 bits per heavy atom. The first-order valence-corrected chi connectivity index (χ1v) is 10.7. The molecule has 28 heavy (non-hydrogen) atoms. The molecule has 1 saturated heterocycles. The van der Waals surface area contributed by atoms with Crippen molar-refractivity contribution >= 4 is 23.3 Å². The lowest BCUT2D eigenvalue weighted by atomic mass is 9.66. The van der Waals surface area contributed by atoms with Gasteiger partial charge in [0.05, 0.1) is 24.2 Å². The van der Waals surface area contributed by atoms with Gasteiger partial charge in [-0.2, -0.15) is 0 Å². The summed E-state index contributed by atoms with van der Waals surface area (Å²) in [5.74, 6) is -1.75. The van der Waals surface area contributed by atoms with Crippen LogP contribution in [0.2, 0.25) is 0 Å². The van der Waals surface area contributed by atoms with Gasteiger partial charge in [0.2, 0.25) is 0 Å². The number of rotatable bonds is 6. The third-order valence-corrected chi connectivity index (χ3v) is 6.17. The molecular weight excluding hydrogens is 406 g/mol. The largest absolute Gasteiger partial charge is 0.466 e. The average molecular weight is 430 g/mol.